The lowest BCUT2D eigenvalue weighted by atomic mass is 9.99. The van der Waals surface area contributed by atoms with Crippen molar-refractivity contribution in [2.24, 2.45) is 5.92 Å². The molecular weight excluding hydrogens is 276 g/mol. The molecule has 0 aromatic heterocycles. The molecule has 0 aliphatic carbocycles. The first kappa shape index (κ1) is 16.7. The zero-order valence-electron chi connectivity index (χ0n) is 11.4. The van der Waals surface area contributed by atoms with Crippen LogP contribution < -0.4 is 10.0 Å². The molecule has 1 rings (SSSR count). The molecule has 0 bridgehead atoms. The fraction of sp³-hybridized carbons (Fsp3) is 1.00. The lowest BCUT2D eigenvalue weighted by Crippen LogP contribution is -2.48. The largest absolute Gasteiger partial charge is 0.314 e. The SMILES string of the molecule is CC(C)NCC1CCCN(S(=O)(=O)NCC(F)F)C1. The number of rotatable bonds is 7. The molecule has 1 aliphatic heterocycles. The Labute approximate surface area is 113 Å². The summed E-state index contributed by atoms with van der Waals surface area (Å²) in [7, 11) is -3.77. The molecule has 1 saturated heterocycles. The molecule has 0 radical (unpaired) electrons. The number of piperidine rings is 1. The molecule has 0 saturated carbocycles. The summed E-state index contributed by atoms with van der Waals surface area (Å²) in [6.45, 7) is 4.77. The van der Waals surface area contributed by atoms with Crippen molar-refractivity contribution >= 4 is 10.2 Å². The van der Waals surface area contributed by atoms with Gasteiger partial charge in [-0.25, -0.2) is 8.78 Å². The van der Waals surface area contributed by atoms with Gasteiger partial charge in [-0.15, -0.1) is 0 Å². The standard InChI is InChI=1S/C11H23F2N3O2S/c1-9(2)14-6-10-4-3-5-16(8-10)19(17,18)15-7-11(12)13/h9-11,14-15H,3-8H2,1-2H3. The Balaban J connectivity index is 2.49. The highest BCUT2D eigenvalue weighted by Gasteiger charge is 2.29. The first-order valence-electron chi connectivity index (χ1n) is 6.57. The van der Waals surface area contributed by atoms with Crippen LogP contribution in [-0.4, -0.2) is 51.4 Å². The number of hydrogen-bond acceptors (Lipinski definition) is 3. The number of halogens is 2. The van der Waals surface area contributed by atoms with Crippen LogP contribution in [0.1, 0.15) is 26.7 Å². The Morgan fingerprint density at radius 3 is 2.63 bits per heavy atom. The van der Waals surface area contributed by atoms with Gasteiger partial charge in [0.2, 0.25) is 0 Å². The van der Waals surface area contributed by atoms with Crippen LogP contribution in [0, 0.1) is 5.92 Å². The normalized spacial score (nSPS) is 22.3. The fourth-order valence-electron chi connectivity index (χ4n) is 2.07. The lowest BCUT2D eigenvalue weighted by molar-refractivity contribution is 0.151. The summed E-state index contributed by atoms with van der Waals surface area (Å²) in [5, 5.41) is 3.28. The maximum absolute atomic E-state index is 12.1. The third-order valence-electron chi connectivity index (χ3n) is 3.06. The van der Waals surface area contributed by atoms with Crippen molar-refractivity contribution in [3.8, 4) is 0 Å². The average molecular weight is 299 g/mol. The lowest BCUT2D eigenvalue weighted by Gasteiger charge is -2.32. The van der Waals surface area contributed by atoms with Crippen LogP contribution in [0.15, 0.2) is 0 Å². The van der Waals surface area contributed by atoms with Crippen LogP contribution in [-0.2, 0) is 10.2 Å². The van der Waals surface area contributed by atoms with E-state index in [0.717, 1.165) is 19.4 Å². The van der Waals surface area contributed by atoms with Crippen molar-refractivity contribution in [3.05, 3.63) is 0 Å². The average Bonchev–Trinajstić information content (AvgIpc) is 2.34. The quantitative estimate of drug-likeness (QED) is 0.731. The van der Waals surface area contributed by atoms with Crippen molar-refractivity contribution in [2.45, 2.75) is 39.2 Å². The van der Waals surface area contributed by atoms with E-state index in [4.69, 9.17) is 0 Å². The topological polar surface area (TPSA) is 61.4 Å². The molecule has 1 unspecified atom stereocenters. The zero-order valence-corrected chi connectivity index (χ0v) is 12.2. The molecule has 1 atom stereocenters. The Morgan fingerprint density at radius 1 is 1.37 bits per heavy atom. The summed E-state index contributed by atoms with van der Waals surface area (Å²) < 4.78 is 51.0. The van der Waals surface area contributed by atoms with Gasteiger partial charge in [0.1, 0.15) is 0 Å². The Morgan fingerprint density at radius 2 is 2.05 bits per heavy atom. The monoisotopic (exact) mass is 299 g/mol. The van der Waals surface area contributed by atoms with Crippen molar-refractivity contribution in [1.29, 1.82) is 0 Å². The molecular formula is C11H23F2N3O2S. The molecule has 19 heavy (non-hydrogen) atoms. The van der Waals surface area contributed by atoms with Gasteiger partial charge in [0.15, 0.2) is 0 Å². The maximum atomic E-state index is 12.1. The predicted molar refractivity (Wildman–Crippen MR) is 70.4 cm³/mol. The van der Waals surface area contributed by atoms with E-state index >= 15 is 0 Å². The van der Waals surface area contributed by atoms with Crippen molar-refractivity contribution < 1.29 is 17.2 Å². The minimum atomic E-state index is -3.77. The van der Waals surface area contributed by atoms with Gasteiger partial charge in [-0.05, 0) is 25.3 Å². The van der Waals surface area contributed by atoms with E-state index in [0.29, 0.717) is 19.1 Å². The smallest absolute Gasteiger partial charge is 0.279 e. The number of alkyl halides is 2. The summed E-state index contributed by atoms with van der Waals surface area (Å²) in [6, 6.07) is 0.351. The second-order valence-electron chi connectivity index (χ2n) is 5.17. The van der Waals surface area contributed by atoms with Crippen molar-refractivity contribution in [1.82, 2.24) is 14.3 Å². The molecule has 2 N–H and O–H groups in total. The van der Waals surface area contributed by atoms with E-state index in [1.807, 2.05) is 18.6 Å². The van der Waals surface area contributed by atoms with E-state index in [1.54, 1.807) is 0 Å². The Hall–Kier alpha value is -0.310. The van der Waals surface area contributed by atoms with Gasteiger partial charge < -0.3 is 5.32 Å². The summed E-state index contributed by atoms with van der Waals surface area (Å²) >= 11 is 0. The van der Waals surface area contributed by atoms with Crippen LogP contribution in [0.2, 0.25) is 0 Å². The van der Waals surface area contributed by atoms with Gasteiger partial charge in [-0.2, -0.15) is 17.4 Å². The van der Waals surface area contributed by atoms with Crippen molar-refractivity contribution in [2.75, 3.05) is 26.2 Å². The van der Waals surface area contributed by atoms with E-state index in [-0.39, 0.29) is 5.92 Å². The summed E-state index contributed by atoms with van der Waals surface area (Å²) in [4.78, 5) is 0. The molecule has 0 amide bonds. The molecule has 0 aromatic carbocycles. The summed E-state index contributed by atoms with van der Waals surface area (Å²) in [5.41, 5.74) is 0. The first-order chi connectivity index (χ1) is 8.81. The second-order valence-corrected chi connectivity index (χ2v) is 6.93. The van der Waals surface area contributed by atoms with E-state index in [9.17, 15) is 17.2 Å². The highest BCUT2D eigenvalue weighted by atomic mass is 32.2. The first-order valence-corrected chi connectivity index (χ1v) is 8.01. The van der Waals surface area contributed by atoms with Gasteiger partial charge >= 0.3 is 0 Å². The minimum Gasteiger partial charge on any atom is -0.314 e. The van der Waals surface area contributed by atoms with Crippen LogP contribution in [0.5, 0.6) is 0 Å². The second kappa shape index (κ2) is 7.47. The van der Waals surface area contributed by atoms with Crippen LogP contribution in [0.3, 0.4) is 0 Å². The fourth-order valence-corrected chi connectivity index (χ4v) is 3.37. The minimum absolute atomic E-state index is 0.235. The zero-order chi connectivity index (χ0) is 14.5. The van der Waals surface area contributed by atoms with Gasteiger partial charge in [-0.3, -0.25) is 0 Å². The number of nitrogens with zero attached hydrogens (tertiary/aromatic N) is 1. The highest BCUT2D eigenvalue weighted by molar-refractivity contribution is 7.87. The number of nitrogens with one attached hydrogen (secondary N) is 2. The summed E-state index contributed by atoms with van der Waals surface area (Å²) in [6.07, 6.45) is -0.946. The van der Waals surface area contributed by atoms with Crippen LogP contribution in [0.4, 0.5) is 8.78 Å². The van der Waals surface area contributed by atoms with E-state index in [1.165, 1.54) is 4.31 Å². The Bertz CT molecular complexity index is 363. The molecule has 0 aromatic rings. The molecule has 8 heteroatoms. The molecule has 0 spiro atoms. The van der Waals surface area contributed by atoms with Crippen LogP contribution in [0.25, 0.3) is 0 Å². The third kappa shape index (κ3) is 6.11. The van der Waals surface area contributed by atoms with E-state index in [2.05, 4.69) is 5.32 Å². The van der Waals surface area contributed by atoms with Gasteiger partial charge in [-0.1, -0.05) is 13.8 Å². The van der Waals surface area contributed by atoms with Crippen molar-refractivity contribution in [3.63, 3.8) is 0 Å². The molecule has 5 nitrogen and oxygen atoms in total. The van der Waals surface area contributed by atoms with Gasteiger partial charge in [0.25, 0.3) is 16.6 Å². The summed E-state index contributed by atoms with van der Waals surface area (Å²) in [5.74, 6) is 0.235. The van der Waals surface area contributed by atoms with Gasteiger partial charge in [0, 0.05) is 19.1 Å². The molecule has 1 fully saturated rings. The molecule has 1 aliphatic rings. The van der Waals surface area contributed by atoms with Crippen LogP contribution >= 0.6 is 0 Å². The number of hydrogen-bond donors (Lipinski definition) is 2. The maximum Gasteiger partial charge on any atom is 0.279 e. The predicted octanol–water partition coefficient (Wildman–Crippen LogP) is 0.796. The highest BCUT2D eigenvalue weighted by Crippen LogP contribution is 2.18. The Kier molecular flexibility index (Phi) is 6.58. The molecule has 114 valence electrons. The third-order valence-corrected chi connectivity index (χ3v) is 4.60. The van der Waals surface area contributed by atoms with Gasteiger partial charge in [0.05, 0.1) is 6.54 Å². The molecule has 1 heterocycles. The van der Waals surface area contributed by atoms with E-state index < -0.39 is 23.2 Å².